The number of allylic oxidation sites excluding steroid dienone is 4. The Balaban J connectivity index is 1.22. The van der Waals surface area contributed by atoms with Gasteiger partial charge in [0.1, 0.15) is 0 Å². The van der Waals surface area contributed by atoms with E-state index in [1.807, 2.05) is 0 Å². The highest BCUT2D eigenvalue weighted by Gasteiger charge is 2.34. The normalized spacial score (nSPS) is 23.4. The first-order valence-corrected chi connectivity index (χ1v) is 11.7. The van der Waals surface area contributed by atoms with Crippen LogP contribution in [0.25, 0.3) is 0 Å². The van der Waals surface area contributed by atoms with Crippen LogP contribution in [0.1, 0.15) is 56.9 Å². The van der Waals surface area contributed by atoms with Gasteiger partial charge in [0.25, 0.3) is 0 Å². The molecule has 1 aliphatic carbocycles. The maximum absolute atomic E-state index is 13.2. The molecule has 0 aromatic heterocycles. The molecule has 1 atom stereocenters. The molecule has 3 nitrogen and oxygen atoms in total. The van der Waals surface area contributed by atoms with Crippen molar-refractivity contribution >= 4 is 5.91 Å². The molecule has 2 saturated heterocycles. The molecule has 2 fully saturated rings. The van der Waals surface area contributed by atoms with Crippen molar-refractivity contribution in [3.05, 3.63) is 59.7 Å². The lowest BCUT2D eigenvalue weighted by atomic mass is 9.88. The maximum Gasteiger partial charge on any atom is 0.239 e. The lowest BCUT2D eigenvalue weighted by molar-refractivity contribution is -0.137. The summed E-state index contributed by atoms with van der Waals surface area (Å²) in [6.45, 7) is 4.04. The number of benzene rings is 1. The van der Waals surface area contributed by atoms with E-state index in [-0.39, 0.29) is 6.04 Å². The Hall–Kier alpha value is -1.87. The van der Waals surface area contributed by atoms with Crippen molar-refractivity contribution in [2.75, 3.05) is 26.2 Å². The van der Waals surface area contributed by atoms with Crippen molar-refractivity contribution in [2.45, 2.75) is 63.8 Å². The minimum Gasteiger partial charge on any atom is -0.341 e. The Bertz CT molecular complexity index is 715. The fraction of sp³-hybridized carbons (Fsp3) is 0.577. The number of hydrogen-bond acceptors (Lipinski definition) is 2. The Morgan fingerprint density at radius 1 is 1.00 bits per heavy atom. The summed E-state index contributed by atoms with van der Waals surface area (Å²) in [5, 5.41) is 0. The summed E-state index contributed by atoms with van der Waals surface area (Å²) in [5.41, 5.74) is 2.92. The van der Waals surface area contributed by atoms with Crippen molar-refractivity contribution in [3.63, 3.8) is 0 Å². The van der Waals surface area contributed by atoms with Gasteiger partial charge in [0.2, 0.25) is 5.91 Å². The predicted molar refractivity (Wildman–Crippen MR) is 120 cm³/mol. The first-order valence-electron chi connectivity index (χ1n) is 11.7. The Morgan fingerprint density at radius 3 is 2.59 bits per heavy atom. The minimum atomic E-state index is 0.131. The molecule has 1 aromatic carbocycles. The summed E-state index contributed by atoms with van der Waals surface area (Å²) < 4.78 is 0. The van der Waals surface area contributed by atoms with Crippen LogP contribution in [0.15, 0.2) is 54.1 Å². The van der Waals surface area contributed by atoms with Crippen LogP contribution in [0.4, 0.5) is 0 Å². The molecule has 0 spiro atoms. The van der Waals surface area contributed by atoms with Crippen molar-refractivity contribution in [1.29, 1.82) is 0 Å². The van der Waals surface area contributed by atoms with E-state index >= 15 is 0 Å². The van der Waals surface area contributed by atoms with Crippen LogP contribution in [-0.4, -0.2) is 47.9 Å². The number of carbonyl (C=O) groups is 1. The van der Waals surface area contributed by atoms with Gasteiger partial charge in [-0.1, -0.05) is 54.1 Å². The molecular weight excluding hydrogens is 356 g/mol. The van der Waals surface area contributed by atoms with Gasteiger partial charge in [-0.2, -0.15) is 0 Å². The standard InChI is InChI=1S/C26H36N2O/c29-26(28-19-15-24(16-20-28)21-23-11-5-2-6-12-23)25-14-8-18-27(25)17-7-13-22-9-3-1-4-10-22/h1,3-5,9-12,24-25H,2,6-8,13-21H2. The molecular formula is C26H36N2O. The second-order valence-corrected chi connectivity index (χ2v) is 9.01. The van der Waals surface area contributed by atoms with Crippen LogP contribution in [0.5, 0.6) is 0 Å². The molecule has 3 aliphatic rings. The van der Waals surface area contributed by atoms with Crippen LogP contribution >= 0.6 is 0 Å². The molecule has 156 valence electrons. The van der Waals surface area contributed by atoms with Gasteiger partial charge >= 0.3 is 0 Å². The molecule has 0 radical (unpaired) electrons. The molecule has 4 rings (SSSR count). The number of aryl methyl sites for hydroxylation is 1. The van der Waals surface area contributed by atoms with Crippen LogP contribution in [0.3, 0.4) is 0 Å². The average molecular weight is 393 g/mol. The molecule has 29 heavy (non-hydrogen) atoms. The summed E-state index contributed by atoms with van der Waals surface area (Å²) in [7, 11) is 0. The van der Waals surface area contributed by atoms with Gasteiger partial charge in [0.15, 0.2) is 0 Å². The number of amides is 1. The molecule has 2 aliphatic heterocycles. The molecule has 2 heterocycles. The Morgan fingerprint density at radius 2 is 1.83 bits per heavy atom. The van der Waals surface area contributed by atoms with E-state index in [0.717, 1.165) is 64.2 Å². The summed E-state index contributed by atoms with van der Waals surface area (Å²) >= 11 is 0. The smallest absolute Gasteiger partial charge is 0.239 e. The number of carbonyl (C=O) groups excluding carboxylic acids is 1. The largest absolute Gasteiger partial charge is 0.341 e. The van der Waals surface area contributed by atoms with Crippen LogP contribution in [-0.2, 0) is 11.2 Å². The van der Waals surface area contributed by atoms with Crippen LogP contribution < -0.4 is 0 Å². The third-order valence-corrected chi connectivity index (χ3v) is 6.92. The highest BCUT2D eigenvalue weighted by molar-refractivity contribution is 5.82. The quantitative estimate of drug-likeness (QED) is 0.653. The third kappa shape index (κ3) is 5.60. The first-order chi connectivity index (χ1) is 14.3. The SMILES string of the molecule is O=C(C1CCCN1CCCc1ccccc1)N1CCC(CC2=CCCC=C2)CC1. The van der Waals surface area contributed by atoms with Crippen molar-refractivity contribution in [1.82, 2.24) is 9.80 Å². The van der Waals surface area contributed by atoms with Gasteiger partial charge in [-0.05, 0) is 82.4 Å². The van der Waals surface area contributed by atoms with E-state index in [4.69, 9.17) is 0 Å². The van der Waals surface area contributed by atoms with E-state index in [1.165, 1.54) is 36.8 Å². The second kappa shape index (κ2) is 10.2. The number of nitrogens with zero attached hydrogens (tertiary/aromatic N) is 2. The zero-order valence-electron chi connectivity index (χ0n) is 17.8. The van der Waals surface area contributed by atoms with Crippen LogP contribution in [0.2, 0.25) is 0 Å². The van der Waals surface area contributed by atoms with Gasteiger partial charge in [-0.3, -0.25) is 9.69 Å². The monoisotopic (exact) mass is 392 g/mol. The fourth-order valence-electron chi connectivity index (χ4n) is 5.23. The molecule has 3 heteroatoms. The Labute approximate surface area is 176 Å². The van der Waals surface area contributed by atoms with Gasteiger partial charge in [0.05, 0.1) is 6.04 Å². The zero-order valence-corrected chi connectivity index (χ0v) is 17.8. The van der Waals surface area contributed by atoms with Gasteiger partial charge in [-0.25, -0.2) is 0 Å². The lowest BCUT2D eigenvalue weighted by Crippen LogP contribution is -2.48. The lowest BCUT2D eigenvalue weighted by Gasteiger charge is -2.36. The molecule has 1 amide bonds. The Kier molecular flexibility index (Phi) is 7.21. The molecule has 0 N–H and O–H groups in total. The summed E-state index contributed by atoms with van der Waals surface area (Å²) in [5.74, 6) is 1.15. The topological polar surface area (TPSA) is 23.6 Å². The summed E-state index contributed by atoms with van der Waals surface area (Å²) in [4.78, 5) is 17.8. The van der Waals surface area contributed by atoms with E-state index in [9.17, 15) is 4.79 Å². The van der Waals surface area contributed by atoms with Crippen LogP contribution in [0, 0.1) is 5.92 Å². The van der Waals surface area contributed by atoms with Gasteiger partial charge in [0, 0.05) is 13.1 Å². The van der Waals surface area contributed by atoms with E-state index in [1.54, 1.807) is 0 Å². The molecule has 1 unspecified atom stereocenters. The van der Waals surface area contributed by atoms with E-state index in [2.05, 4.69) is 58.4 Å². The summed E-state index contributed by atoms with van der Waals surface area (Å²) in [6, 6.07) is 10.8. The van der Waals surface area contributed by atoms with Gasteiger partial charge in [-0.15, -0.1) is 0 Å². The van der Waals surface area contributed by atoms with Crippen molar-refractivity contribution in [3.8, 4) is 0 Å². The highest BCUT2D eigenvalue weighted by Crippen LogP contribution is 2.28. The maximum atomic E-state index is 13.2. The minimum absolute atomic E-state index is 0.131. The number of rotatable bonds is 7. The molecule has 0 bridgehead atoms. The highest BCUT2D eigenvalue weighted by atomic mass is 16.2. The average Bonchev–Trinajstić information content (AvgIpc) is 3.24. The second-order valence-electron chi connectivity index (χ2n) is 9.01. The van der Waals surface area contributed by atoms with Gasteiger partial charge < -0.3 is 4.90 Å². The molecule has 0 saturated carbocycles. The molecule has 1 aromatic rings. The number of likely N-dealkylation sites (tertiary alicyclic amines) is 2. The third-order valence-electron chi connectivity index (χ3n) is 6.92. The number of piperidine rings is 1. The van der Waals surface area contributed by atoms with E-state index in [0.29, 0.717) is 5.91 Å². The van der Waals surface area contributed by atoms with E-state index < -0.39 is 0 Å². The van der Waals surface area contributed by atoms with Crippen molar-refractivity contribution in [2.24, 2.45) is 5.92 Å². The predicted octanol–water partition coefficient (Wildman–Crippen LogP) is 4.99. The summed E-state index contributed by atoms with van der Waals surface area (Å²) in [6.07, 6.45) is 17.4. The number of hydrogen-bond donors (Lipinski definition) is 0. The fourth-order valence-corrected chi connectivity index (χ4v) is 5.23. The first kappa shape index (κ1) is 20.4. The van der Waals surface area contributed by atoms with Crippen molar-refractivity contribution < 1.29 is 4.79 Å². The zero-order chi connectivity index (χ0) is 19.9.